The first-order chi connectivity index (χ1) is 8.65. The van der Waals surface area contributed by atoms with Crippen LogP contribution >= 0.6 is 0 Å². The van der Waals surface area contributed by atoms with Gasteiger partial charge in [0.25, 0.3) is 5.91 Å². The van der Waals surface area contributed by atoms with Gasteiger partial charge in [-0.05, 0) is 18.2 Å². The Morgan fingerprint density at radius 1 is 1.39 bits per heavy atom. The van der Waals surface area contributed by atoms with Crippen LogP contribution in [0, 0.1) is 0 Å². The summed E-state index contributed by atoms with van der Waals surface area (Å²) in [5.74, 6) is 0.912. The van der Waals surface area contributed by atoms with Gasteiger partial charge < -0.3 is 14.4 Å². The number of nitrogens with zero attached hydrogens (tertiary/aromatic N) is 1. The molecule has 1 atom stereocenters. The molecule has 1 aliphatic heterocycles. The lowest BCUT2D eigenvalue weighted by molar-refractivity contribution is -0.132. The Hall–Kier alpha value is -2.04. The minimum atomic E-state index is -0.467. The molecule has 0 radical (unpaired) electrons. The largest absolute Gasteiger partial charge is 0.493 e. The third-order valence-electron chi connectivity index (χ3n) is 2.97. The molecule has 0 saturated carbocycles. The van der Waals surface area contributed by atoms with Gasteiger partial charge in [0.1, 0.15) is 6.29 Å². The lowest BCUT2D eigenvalue weighted by Gasteiger charge is -2.15. The molecule has 18 heavy (non-hydrogen) atoms. The number of hydrogen-bond acceptors (Lipinski definition) is 4. The van der Waals surface area contributed by atoms with Crippen LogP contribution in [-0.2, 0) is 4.79 Å². The number of ether oxygens (including phenoxy) is 2. The van der Waals surface area contributed by atoms with Crippen molar-refractivity contribution in [1.82, 2.24) is 4.90 Å². The topological polar surface area (TPSA) is 55.8 Å². The van der Waals surface area contributed by atoms with Gasteiger partial charge in [0, 0.05) is 25.6 Å². The predicted molar refractivity (Wildman–Crippen MR) is 65.1 cm³/mol. The van der Waals surface area contributed by atoms with Gasteiger partial charge in [-0.25, -0.2) is 0 Å². The molecule has 5 nitrogen and oxygen atoms in total. The van der Waals surface area contributed by atoms with Crippen LogP contribution in [0.5, 0.6) is 11.5 Å². The average molecular weight is 249 g/mol. The monoisotopic (exact) mass is 249 g/mol. The van der Waals surface area contributed by atoms with E-state index in [1.165, 1.54) is 7.11 Å². The minimum absolute atomic E-state index is 0.0310. The maximum atomic E-state index is 11.7. The van der Waals surface area contributed by atoms with Gasteiger partial charge in [-0.2, -0.15) is 0 Å². The number of carbonyl (C=O) groups is 2. The Morgan fingerprint density at radius 3 is 2.72 bits per heavy atom. The van der Waals surface area contributed by atoms with Gasteiger partial charge >= 0.3 is 0 Å². The second kappa shape index (κ2) is 5.08. The number of aldehydes is 1. The zero-order chi connectivity index (χ0) is 13.1. The summed E-state index contributed by atoms with van der Waals surface area (Å²) in [5.41, 5.74) is 0.508. The number of rotatable bonds is 4. The molecule has 1 aromatic carbocycles. The average Bonchev–Trinajstić information content (AvgIpc) is 2.71. The molecule has 1 aromatic rings. The van der Waals surface area contributed by atoms with Crippen molar-refractivity contribution in [2.45, 2.75) is 12.5 Å². The van der Waals surface area contributed by atoms with Gasteiger partial charge in [0.05, 0.1) is 7.11 Å². The van der Waals surface area contributed by atoms with Crippen LogP contribution in [0.4, 0.5) is 0 Å². The molecule has 1 aliphatic rings. The molecule has 0 aliphatic carbocycles. The molecule has 2 rings (SSSR count). The second-order valence-corrected chi connectivity index (χ2v) is 4.18. The molecule has 0 bridgehead atoms. The zero-order valence-corrected chi connectivity index (χ0v) is 10.4. The van der Waals surface area contributed by atoms with Crippen LogP contribution in [-0.4, -0.2) is 43.9 Å². The first-order valence-electron chi connectivity index (χ1n) is 5.70. The van der Waals surface area contributed by atoms with E-state index in [0.29, 0.717) is 30.0 Å². The molecule has 1 fully saturated rings. The van der Waals surface area contributed by atoms with E-state index >= 15 is 0 Å². The summed E-state index contributed by atoms with van der Waals surface area (Å²) >= 11 is 0. The fourth-order valence-corrected chi connectivity index (χ4v) is 1.91. The highest BCUT2D eigenvalue weighted by atomic mass is 16.5. The fourth-order valence-electron chi connectivity index (χ4n) is 1.91. The summed E-state index contributed by atoms with van der Waals surface area (Å²) in [7, 11) is 3.25. The highest BCUT2D eigenvalue weighted by molar-refractivity contribution is 5.83. The number of methoxy groups -OCH3 is 1. The van der Waals surface area contributed by atoms with E-state index in [9.17, 15) is 9.59 Å². The number of likely N-dealkylation sites (N-methyl/N-ethyl adjacent to an activating group) is 1. The number of likely N-dealkylation sites (tertiary alicyclic amines) is 1. The molecule has 1 amide bonds. The van der Waals surface area contributed by atoms with Crippen molar-refractivity contribution in [1.29, 1.82) is 0 Å². The van der Waals surface area contributed by atoms with Crippen molar-refractivity contribution >= 4 is 12.2 Å². The van der Waals surface area contributed by atoms with Crippen molar-refractivity contribution in [2.24, 2.45) is 0 Å². The smallest absolute Gasteiger partial charge is 0.263 e. The normalized spacial score (nSPS) is 18.9. The number of carbonyl (C=O) groups excluding carboxylic acids is 2. The lowest BCUT2D eigenvalue weighted by atomic mass is 10.2. The van der Waals surface area contributed by atoms with E-state index in [4.69, 9.17) is 9.47 Å². The van der Waals surface area contributed by atoms with E-state index in [1.54, 1.807) is 30.1 Å². The van der Waals surface area contributed by atoms with Gasteiger partial charge in [-0.15, -0.1) is 0 Å². The predicted octanol–water partition coefficient (Wildman–Crippen LogP) is 1.12. The van der Waals surface area contributed by atoms with Crippen LogP contribution < -0.4 is 9.47 Å². The molecular weight excluding hydrogens is 234 g/mol. The summed E-state index contributed by atoms with van der Waals surface area (Å²) in [6.07, 6.45) is 0.931. The molecule has 0 spiro atoms. The van der Waals surface area contributed by atoms with Crippen molar-refractivity contribution in [3.05, 3.63) is 23.8 Å². The summed E-state index contributed by atoms with van der Waals surface area (Å²) in [6.45, 7) is 0.693. The lowest BCUT2D eigenvalue weighted by Crippen LogP contribution is -2.29. The van der Waals surface area contributed by atoms with Crippen LogP contribution in [0.25, 0.3) is 0 Å². The first-order valence-corrected chi connectivity index (χ1v) is 5.70. The molecule has 0 N–H and O–H groups in total. The third-order valence-corrected chi connectivity index (χ3v) is 2.97. The Balaban J connectivity index is 2.18. The van der Waals surface area contributed by atoms with Gasteiger partial charge in [-0.1, -0.05) is 0 Å². The van der Waals surface area contributed by atoms with Crippen molar-refractivity contribution in [3.8, 4) is 11.5 Å². The molecule has 0 aromatic heterocycles. The van der Waals surface area contributed by atoms with Gasteiger partial charge in [0.2, 0.25) is 0 Å². The minimum Gasteiger partial charge on any atom is -0.493 e. The zero-order valence-electron chi connectivity index (χ0n) is 10.4. The Labute approximate surface area is 105 Å². The van der Waals surface area contributed by atoms with Crippen LogP contribution in [0.2, 0.25) is 0 Å². The summed E-state index contributed by atoms with van der Waals surface area (Å²) in [5, 5.41) is 0. The molecule has 1 unspecified atom stereocenters. The SMILES string of the molecule is COc1cc(C=O)ccc1OC1CCN(C)C1=O. The van der Waals surface area contributed by atoms with Crippen LogP contribution in [0.15, 0.2) is 18.2 Å². The van der Waals surface area contributed by atoms with E-state index in [-0.39, 0.29) is 5.91 Å². The third kappa shape index (κ3) is 2.30. The number of benzene rings is 1. The first kappa shape index (κ1) is 12.4. The molecular formula is C13H15NO4. The maximum Gasteiger partial charge on any atom is 0.263 e. The Morgan fingerprint density at radius 2 is 2.17 bits per heavy atom. The van der Waals surface area contributed by atoms with Crippen molar-refractivity contribution < 1.29 is 19.1 Å². The summed E-state index contributed by atoms with van der Waals surface area (Å²) in [4.78, 5) is 24.0. The second-order valence-electron chi connectivity index (χ2n) is 4.18. The van der Waals surface area contributed by atoms with Gasteiger partial charge in [0.15, 0.2) is 17.6 Å². The highest BCUT2D eigenvalue weighted by Gasteiger charge is 2.31. The number of hydrogen-bond donors (Lipinski definition) is 0. The quantitative estimate of drug-likeness (QED) is 0.750. The standard InChI is InChI=1S/C13H15NO4/c1-14-6-5-11(13(14)16)18-10-4-3-9(8-15)7-12(10)17-2/h3-4,7-8,11H,5-6H2,1-2H3. The molecule has 5 heteroatoms. The molecule has 96 valence electrons. The van der Waals surface area contributed by atoms with E-state index in [1.807, 2.05) is 0 Å². The van der Waals surface area contributed by atoms with Crippen LogP contribution in [0.3, 0.4) is 0 Å². The van der Waals surface area contributed by atoms with E-state index in [2.05, 4.69) is 0 Å². The highest BCUT2D eigenvalue weighted by Crippen LogP contribution is 2.30. The van der Waals surface area contributed by atoms with E-state index in [0.717, 1.165) is 6.29 Å². The van der Waals surface area contributed by atoms with Crippen LogP contribution in [0.1, 0.15) is 16.8 Å². The number of amides is 1. The summed E-state index contributed by atoms with van der Waals surface area (Å²) < 4.78 is 10.8. The fraction of sp³-hybridized carbons (Fsp3) is 0.385. The van der Waals surface area contributed by atoms with E-state index < -0.39 is 6.10 Å². The Kier molecular flexibility index (Phi) is 3.50. The van der Waals surface area contributed by atoms with Crippen molar-refractivity contribution in [2.75, 3.05) is 20.7 Å². The van der Waals surface area contributed by atoms with Crippen molar-refractivity contribution in [3.63, 3.8) is 0 Å². The van der Waals surface area contributed by atoms with Gasteiger partial charge in [-0.3, -0.25) is 9.59 Å². The molecule has 1 saturated heterocycles. The molecule has 1 heterocycles. The Bertz CT molecular complexity index is 472. The summed E-state index contributed by atoms with van der Waals surface area (Å²) in [6, 6.07) is 4.87. The maximum absolute atomic E-state index is 11.7.